The molecule has 2 atom stereocenters. The van der Waals surface area contributed by atoms with E-state index >= 15 is 0 Å². The fourth-order valence-corrected chi connectivity index (χ4v) is 5.47. The molecule has 2 aromatic rings. The van der Waals surface area contributed by atoms with Crippen LogP contribution in [-0.2, 0) is 4.79 Å². The molecule has 2 amide bonds. The maximum absolute atomic E-state index is 12.9. The van der Waals surface area contributed by atoms with Crippen molar-refractivity contribution < 1.29 is 22.8 Å². The van der Waals surface area contributed by atoms with Gasteiger partial charge < -0.3 is 10.6 Å². The van der Waals surface area contributed by atoms with Crippen LogP contribution in [0.2, 0.25) is 5.02 Å². The molecule has 1 aliphatic carbocycles. The van der Waals surface area contributed by atoms with Gasteiger partial charge in [0, 0.05) is 11.6 Å². The van der Waals surface area contributed by atoms with Gasteiger partial charge in [0.1, 0.15) is 9.78 Å². The van der Waals surface area contributed by atoms with Crippen molar-refractivity contribution in [3.8, 4) is 0 Å². The Morgan fingerprint density at radius 3 is 2.29 bits per heavy atom. The number of carbonyl (C=O) groups is 2. The summed E-state index contributed by atoms with van der Waals surface area (Å²) in [4.78, 5) is 25.0. The molecule has 0 heterocycles. The minimum atomic E-state index is -4.54. The number of nitrogens with one attached hydrogen (secondary N) is 2. The first kappa shape index (κ1) is 24.1. The molecule has 2 unspecified atom stereocenters. The Kier molecular flexibility index (Phi) is 6.79. The van der Waals surface area contributed by atoms with E-state index in [1.807, 2.05) is 32.0 Å². The Morgan fingerprint density at radius 2 is 1.71 bits per heavy atom. The van der Waals surface area contributed by atoms with E-state index in [1.165, 1.54) is 18.2 Å². The number of halogens is 6. The molecular formula is C21H18Br2ClF3N2O2. The second-order valence-corrected chi connectivity index (χ2v) is 11.6. The molecule has 2 N–H and O–H groups in total. The molecule has 10 heteroatoms. The molecule has 2 aromatic carbocycles. The molecule has 31 heavy (non-hydrogen) atoms. The van der Waals surface area contributed by atoms with Crippen LogP contribution in [0, 0.1) is 19.8 Å². The van der Waals surface area contributed by atoms with Crippen LogP contribution in [0.15, 0.2) is 36.4 Å². The smallest absolute Gasteiger partial charge is 0.343 e. The first-order valence-corrected chi connectivity index (χ1v) is 11.2. The molecule has 0 radical (unpaired) electrons. The summed E-state index contributed by atoms with van der Waals surface area (Å²) in [5, 5.41) is 4.47. The molecule has 0 aliphatic heterocycles. The van der Waals surface area contributed by atoms with Gasteiger partial charge >= 0.3 is 6.18 Å². The third-order valence-corrected chi connectivity index (χ3v) is 7.17. The second kappa shape index (κ2) is 8.75. The summed E-state index contributed by atoms with van der Waals surface area (Å²) in [6.07, 6.45) is -4.54. The van der Waals surface area contributed by atoms with Gasteiger partial charge in [0.05, 0.1) is 16.5 Å². The molecule has 1 fully saturated rings. The molecular weight excluding hydrogens is 564 g/mol. The average molecular weight is 583 g/mol. The molecule has 0 spiro atoms. The Balaban J connectivity index is 1.75. The number of anilines is 1. The first-order valence-electron chi connectivity index (χ1n) is 9.21. The van der Waals surface area contributed by atoms with Gasteiger partial charge in [-0.05, 0) is 37.6 Å². The Labute approximate surface area is 199 Å². The Morgan fingerprint density at radius 1 is 1.10 bits per heavy atom. The third-order valence-electron chi connectivity index (χ3n) is 4.87. The zero-order chi connectivity index (χ0) is 23.1. The monoisotopic (exact) mass is 580 g/mol. The lowest BCUT2D eigenvalue weighted by Gasteiger charge is -2.11. The summed E-state index contributed by atoms with van der Waals surface area (Å²) in [5.74, 6) is -1.84. The zero-order valence-corrected chi connectivity index (χ0v) is 20.3. The normalized spacial score (nSPS) is 19.6. The van der Waals surface area contributed by atoms with E-state index in [0.717, 1.165) is 16.7 Å². The lowest BCUT2D eigenvalue weighted by Crippen LogP contribution is -2.33. The fourth-order valence-electron chi connectivity index (χ4n) is 3.53. The molecule has 0 bridgehead atoms. The quantitative estimate of drug-likeness (QED) is 0.420. The van der Waals surface area contributed by atoms with E-state index in [1.54, 1.807) is 5.32 Å². The minimum Gasteiger partial charge on any atom is -0.343 e. The number of aryl methyl sites for hydroxylation is 2. The van der Waals surface area contributed by atoms with Crippen molar-refractivity contribution in [3.05, 3.63) is 63.7 Å². The largest absolute Gasteiger partial charge is 0.405 e. The Hall–Kier alpha value is -1.58. The van der Waals surface area contributed by atoms with Crippen molar-refractivity contribution in [1.82, 2.24) is 5.32 Å². The van der Waals surface area contributed by atoms with Crippen LogP contribution < -0.4 is 10.6 Å². The van der Waals surface area contributed by atoms with E-state index < -0.39 is 27.8 Å². The van der Waals surface area contributed by atoms with Crippen LogP contribution >= 0.6 is 43.5 Å². The van der Waals surface area contributed by atoms with Crippen molar-refractivity contribution in [2.24, 2.45) is 5.92 Å². The molecule has 4 nitrogen and oxygen atoms in total. The fraction of sp³-hybridized carbons (Fsp3) is 0.333. The number of benzene rings is 2. The van der Waals surface area contributed by atoms with Gasteiger partial charge in [0.25, 0.3) is 5.91 Å². The van der Waals surface area contributed by atoms with Crippen LogP contribution in [-0.4, -0.2) is 27.8 Å². The molecule has 1 aliphatic rings. The summed E-state index contributed by atoms with van der Waals surface area (Å²) in [6, 6.07) is 10.2. The highest BCUT2D eigenvalue weighted by atomic mass is 79.9. The van der Waals surface area contributed by atoms with Crippen LogP contribution in [0.3, 0.4) is 0 Å². The second-order valence-electron chi connectivity index (χ2n) is 7.53. The SMILES string of the molecule is Cc1cc(C)cc(C2C(C(=O)Nc3ccc(Cl)c(C(=O)NCC(F)(F)F)c3)C2(Br)Br)c1. The summed E-state index contributed by atoms with van der Waals surface area (Å²) >= 11 is 13.1. The summed E-state index contributed by atoms with van der Waals surface area (Å²) in [6.45, 7) is 2.49. The van der Waals surface area contributed by atoms with Gasteiger partial charge in [-0.2, -0.15) is 13.2 Å². The van der Waals surface area contributed by atoms with E-state index in [0.29, 0.717) is 0 Å². The summed E-state index contributed by atoms with van der Waals surface area (Å²) in [7, 11) is 0. The highest BCUT2D eigenvalue weighted by molar-refractivity contribution is 9.25. The number of hydrogen-bond donors (Lipinski definition) is 2. The lowest BCUT2D eigenvalue weighted by atomic mass is 10.0. The molecule has 166 valence electrons. The van der Waals surface area contributed by atoms with Crippen molar-refractivity contribution in [3.63, 3.8) is 0 Å². The van der Waals surface area contributed by atoms with Crippen LogP contribution in [0.25, 0.3) is 0 Å². The molecule has 1 saturated carbocycles. The standard InChI is InChI=1S/C21H18Br2ClF3N2O2/c1-10-5-11(2)7-12(6-10)16-17(21(16,22)23)19(31)29-13-3-4-15(24)14(8-13)18(30)28-9-20(25,26)27/h3-8,16-17H,9H2,1-2H3,(H,28,30)(H,29,31). The van der Waals surface area contributed by atoms with Crippen molar-refractivity contribution in [2.45, 2.75) is 29.2 Å². The predicted molar refractivity (Wildman–Crippen MR) is 121 cm³/mol. The maximum Gasteiger partial charge on any atom is 0.405 e. The number of rotatable bonds is 5. The number of hydrogen-bond acceptors (Lipinski definition) is 2. The van der Waals surface area contributed by atoms with Crippen molar-refractivity contribution in [2.75, 3.05) is 11.9 Å². The van der Waals surface area contributed by atoms with E-state index in [-0.39, 0.29) is 28.1 Å². The van der Waals surface area contributed by atoms with Crippen molar-refractivity contribution in [1.29, 1.82) is 0 Å². The summed E-state index contributed by atoms with van der Waals surface area (Å²) < 4.78 is 36.5. The van der Waals surface area contributed by atoms with E-state index in [2.05, 4.69) is 37.2 Å². The van der Waals surface area contributed by atoms with Gasteiger partial charge in [-0.3, -0.25) is 9.59 Å². The number of carbonyl (C=O) groups excluding carboxylic acids is 2. The van der Waals surface area contributed by atoms with E-state index in [9.17, 15) is 22.8 Å². The third kappa shape index (κ3) is 5.62. The first-order chi connectivity index (χ1) is 14.3. The Bertz CT molecular complexity index is 1020. The molecule has 0 aromatic heterocycles. The van der Waals surface area contributed by atoms with E-state index in [4.69, 9.17) is 11.6 Å². The maximum atomic E-state index is 12.9. The minimum absolute atomic E-state index is 0.0208. The number of amides is 2. The van der Waals surface area contributed by atoms with Gasteiger partial charge in [-0.15, -0.1) is 0 Å². The summed E-state index contributed by atoms with van der Waals surface area (Å²) in [5.41, 5.74) is 3.28. The topological polar surface area (TPSA) is 58.2 Å². The molecule has 0 saturated heterocycles. The van der Waals surface area contributed by atoms with Crippen LogP contribution in [0.4, 0.5) is 18.9 Å². The average Bonchev–Trinajstić information content (AvgIpc) is 3.22. The van der Waals surface area contributed by atoms with Gasteiger partial charge in [0.2, 0.25) is 5.91 Å². The highest BCUT2D eigenvalue weighted by Crippen LogP contribution is 2.67. The predicted octanol–water partition coefficient (Wildman–Crippen LogP) is 6.09. The highest BCUT2D eigenvalue weighted by Gasteiger charge is 2.66. The van der Waals surface area contributed by atoms with Crippen LogP contribution in [0.1, 0.15) is 33.0 Å². The van der Waals surface area contributed by atoms with Gasteiger partial charge in [-0.1, -0.05) is 72.8 Å². The van der Waals surface area contributed by atoms with Gasteiger partial charge in [-0.25, -0.2) is 0 Å². The molecule has 3 rings (SSSR count). The zero-order valence-electron chi connectivity index (χ0n) is 16.4. The lowest BCUT2D eigenvalue weighted by molar-refractivity contribution is -0.123. The van der Waals surface area contributed by atoms with Gasteiger partial charge in [0.15, 0.2) is 0 Å². The van der Waals surface area contributed by atoms with Crippen molar-refractivity contribution >= 4 is 61.0 Å². The van der Waals surface area contributed by atoms with Crippen LogP contribution in [0.5, 0.6) is 0 Å². The number of alkyl halides is 5.